The van der Waals surface area contributed by atoms with Gasteiger partial charge in [0.15, 0.2) is 0 Å². The van der Waals surface area contributed by atoms with Gasteiger partial charge in [-0.05, 0) is 19.5 Å². The van der Waals surface area contributed by atoms with E-state index in [9.17, 15) is 4.39 Å². The maximum absolute atomic E-state index is 14.2. The zero-order valence-corrected chi connectivity index (χ0v) is 12.9. The first-order chi connectivity index (χ1) is 9.58. The molecule has 1 saturated heterocycles. The van der Waals surface area contributed by atoms with Crippen molar-refractivity contribution in [2.45, 2.75) is 25.4 Å². The molecule has 1 fully saturated rings. The van der Waals surface area contributed by atoms with Crippen LogP contribution in [0.4, 0.5) is 4.39 Å². The maximum Gasteiger partial charge on any atom is 0.146 e. The van der Waals surface area contributed by atoms with E-state index >= 15 is 0 Å². The summed E-state index contributed by atoms with van der Waals surface area (Å²) in [7, 11) is 2.14. The Labute approximate surface area is 125 Å². The smallest absolute Gasteiger partial charge is 0.146 e. The van der Waals surface area contributed by atoms with Crippen LogP contribution in [-0.4, -0.2) is 49.1 Å². The first-order valence-corrected chi connectivity index (χ1v) is 7.54. The number of halogens is 2. The summed E-state index contributed by atoms with van der Waals surface area (Å²) in [5.41, 5.74) is 6.52. The van der Waals surface area contributed by atoms with Gasteiger partial charge in [-0.2, -0.15) is 0 Å². The molecule has 2 N–H and O–H groups in total. The molecular formula is C15H23ClFN3. The highest BCUT2D eigenvalue weighted by Gasteiger charge is 2.29. The fourth-order valence-corrected chi connectivity index (χ4v) is 3.13. The van der Waals surface area contributed by atoms with Crippen molar-refractivity contribution in [3.05, 3.63) is 34.6 Å². The van der Waals surface area contributed by atoms with E-state index in [-0.39, 0.29) is 16.9 Å². The third-order valence-electron chi connectivity index (χ3n) is 4.28. The monoisotopic (exact) mass is 299 g/mol. The molecule has 1 aromatic carbocycles. The van der Waals surface area contributed by atoms with Crippen molar-refractivity contribution in [1.29, 1.82) is 0 Å². The second kappa shape index (κ2) is 6.85. The molecule has 0 spiro atoms. The number of nitrogens with two attached hydrogens (primary N) is 1. The highest BCUT2D eigenvalue weighted by atomic mass is 35.5. The number of hydrogen-bond donors (Lipinski definition) is 1. The van der Waals surface area contributed by atoms with Crippen LogP contribution in [0.25, 0.3) is 0 Å². The molecule has 2 atom stereocenters. The van der Waals surface area contributed by atoms with Crippen LogP contribution in [0.3, 0.4) is 0 Å². The summed E-state index contributed by atoms with van der Waals surface area (Å²) >= 11 is 5.89. The standard InChI is InChI=1S/C15H23ClFN3/c1-3-11-10-20(8-7-19(11)2)14(9-18)12-5-4-6-13(16)15(12)17/h4-6,11,14H,3,7-10,18H2,1-2H3. The van der Waals surface area contributed by atoms with E-state index in [1.165, 1.54) is 0 Å². The van der Waals surface area contributed by atoms with Crippen LogP contribution >= 0.6 is 11.6 Å². The average Bonchev–Trinajstić information content (AvgIpc) is 2.45. The first kappa shape index (κ1) is 15.7. The lowest BCUT2D eigenvalue weighted by molar-refractivity contribution is 0.0633. The van der Waals surface area contributed by atoms with Crippen molar-refractivity contribution in [2.75, 3.05) is 33.2 Å². The molecule has 0 bridgehead atoms. The molecule has 1 aliphatic rings. The molecule has 0 amide bonds. The Kier molecular flexibility index (Phi) is 5.38. The molecule has 5 heteroatoms. The van der Waals surface area contributed by atoms with E-state index in [4.69, 9.17) is 17.3 Å². The highest BCUT2D eigenvalue weighted by Crippen LogP contribution is 2.28. The third kappa shape index (κ3) is 3.14. The topological polar surface area (TPSA) is 32.5 Å². The predicted octanol–water partition coefficient (Wildman–Crippen LogP) is 2.50. The predicted molar refractivity (Wildman–Crippen MR) is 81.5 cm³/mol. The minimum absolute atomic E-state index is 0.101. The zero-order chi connectivity index (χ0) is 14.7. The van der Waals surface area contributed by atoms with E-state index in [1.807, 2.05) is 0 Å². The van der Waals surface area contributed by atoms with Crippen LogP contribution < -0.4 is 5.73 Å². The SMILES string of the molecule is CCC1CN(C(CN)c2cccc(Cl)c2F)CCN1C. The Morgan fingerprint density at radius 3 is 2.85 bits per heavy atom. The van der Waals surface area contributed by atoms with Crippen molar-refractivity contribution < 1.29 is 4.39 Å². The van der Waals surface area contributed by atoms with Gasteiger partial charge in [0.25, 0.3) is 0 Å². The van der Waals surface area contributed by atoms with Crippen LogP contribution in [0, 0.1) is 5.82 Å². The van der Waals surface area contributed by atoms with Crippen molar-refractivity contribution in [1.82, 2.24) is 9.80 Å². The normalized spacial score (nSPS) is 22.9. The van der Waals surface area contributed by atoms with Gasteiger partial charge < -0.3 is 10.6 Å². The van der Waals surface area contributed by atoms with Crippen LogP contribution in [-0.2, 0) is 0 Å². The van der Waals surface area contributed by atoms with E-state index in [0.29, 0.717) is 18.2 Å². The Bertz CT molecular complexity index is 455. The summed E-state index contributed by atoms with van der Waals surface area (Å²) in [5.74, 6) is -0.336. The largest absolute Gasteiger partial charge is 0.329 e. The van der Waals surface area contributed by atoms with Crippen molar-refractivity contribution in [3.8, 4) is 0 Å². The van der Waals surface area contributed by atoms with Crippen molar-refractivity contribution in [3.63, 3.8) is 0 Å². The minimum Gasteiger partial charge on any atom is -0.329 e. The van der Waals surface area contributed by atoms with Gasteiger partial charge in [-0.3, -0.25) is 4.90 Å². The van der Waals surface area contributed by atoms with E-state index < -0.39 is 0 Å². The molecule has 0 saturated carbocycles. The van der Waals surface area contributed by atoms with E-state index in [1.54, 1.807) is 18.2 Å². The Morgan fingerprint density at radius 1 is 1.45 bits per heavy atom. The number of piperazine rings is 1. The fraction of sp³-hybridized carbons (Fsp3) is 0.600. The average molecular weight is 300 g/mol. The van der Waals surface area contributed by atoms with E-state index in [0.717, 1.165) is 26.1 Å². The number of benzene rings is 1. The lowest BCUT2D eigenvalue weighted by Crippen LogP contribution is -2.53. The lowest BCUT2D eigenvalue weighted by atomic mass is 10.0. The minimum atomic E-state index is -0.336. The van der Waals surface area contributed by atoms with Crippen LogP contribution in [0.5, 0.6) is 0 Å². The van der Waals surface area contributed by atoms with Gasteiger partial charge in [-0.25, -0.2) is 4.39 Å². The van der Waals surface area contributed by atoms with Gasteiger partial charge in [-0.1, -0.05) is 30.7 Å². The number of nitrogens with zero attached hydrogens (tertiary/aromatic N) is 2. The molecule has 1 aromatic rings. The van der Waals surface area contributed by atoms with Crippen molar-refractivity contribution >= 4 is 11.6 Å². The molecule has 112 valence electrons. The lowest BCUT2D eigenvalue weighted by Gasteiger charge is -2.42. The Morgan fingerprint density at radius 2 is 2.20 bits per heavy atom. The molecule has 0 aromatic heterocycles. The van der Waals surface area contributed by atoms with Crippen LogP contribution in [0.15, 0.2) is 18.2 Å². The zero-order valence-electron chi connectivity index (χ0n) is 12.1. The second-order valence-electron chi connectivity index (χ2n) is 5.43. The quantitative estimate of drug-likeness (QED) is 0.927. The molecule has 1 aliphatic heterocycles. The van der Waals surface area contributed by atoms with Crippen LogP contribution in [0.1, 0.15) is 24.9 Å². The summed E-state index contributed by atoms with van der Waals surface area (Å²) < 4.78 is 14.2. The molecule has 0 aliphatic carbocycles. The third-order valence-corrected chi connectivity index (χ3v) is 4.58. The highest BCUT2D eigenvalue weighted by molar-refractivity contribution is 6.30. The molecule has 0 radical (unpaired) electrons. The molecular weight excluding hydrogens is 277 g/mol. The molecule has 2 unspecified atom stereocenters. The molecule has 3 nitrogen and oxygen atoms in total. The Balaban J connectivity index is 2.22. The molecule has 20 heavy (non-hydrogen) atoms. The summed E-state index contributed by atoms with van der Waals surface area (Å²) in [4.78, 5) is 4.64. The number of hydrogen-bond acceptors (Lipinski definition) is 3. The maximum atomic E-state index is 14.2. The molecule has 1 heterocycles. The van der Waals surface area contributed by atoms with Gasteiger partial charge >= 0.3 is 0 Å². The Hall–Kier alpha value is -0.680. The summed E-state index contributed by atoms with van der Waals surface area (Å²) in [6, 6.07) is 5.55. The summed E-state index contributed by atoms with van der Waals surface area (Å²) in [5, 5.41) is 0.169. The summed E-state index contributed by atoms with van der Waals surface area (Å²) in [6.45, 7) is 5.39. The van der Waals surface area contributed by atoms with Gasteiger partial charge in [0, 0.05) is 37.8 Å². The van der Waals surface area contributed by atoms with Gasteiger partial charge in [0.2, 0.25) is 0 Å². The second-order valence-corrected chi connectivity index (χ2v) is 5.84. The van der Waals surface area contributed by atoms with E-state index in [2.05, 4.69) is 23.8 Å². The van der Waals surface area contributed by atoms with Gasteiger partial charge in [0.05, 0.1) is 11.1 Å². The van der Waals surface area contributed by atoms with Gasteiger partial charge in [0.1, 0.15) is 5.82 Å². The number of rotatable bonds is 4. The van der Waals surface area contributed by atoms with Gasteiger partial charge in [-0.15, -0.1) is 0 Å². The first-order valence-electron chi connectivity index (χ1n) is 7.16. The number of likely N-dealkylation sites (N-methyl/N-ethyl adjacent to an activating group) is 1. The fourth-order valence-electron chi connectivity index (χ4n) is 2.94. The molecule has 2 rings (SSSR count). The van der Waals surface area contributed by atoms with Crippen molar-refractivity contribution in [2.24, 2.45) is 5.73 Å². The summed E-state index contributed by atoms with van der Waals surface area (Å²) in [6.07, 6.45) is 1.09. The van der Waals surface area contributed by atoms with Crippen LogP contribution in [0.2, 0.25) is 5.02 Å².